The molecule has 162 valence electrons. The Labute approximate surface area is 186 Å². The van der Waals surface area contributed by atoms with Crippen LogP contribution in [0, 0.1) is 0 Å². The van der Waals surface area contributed by atoms with Crippen LogP contribution in [0.25, 0.3) is 16.8 Å². The molecule has 5 rings (SSSR count). The van der Waals surface area contributed by atoms with Crippen LogP contribution in [0.15, 0.2) is 61.1 Å². The molecule has 0 spiro atoms. The summed E-state index contributed by atoms with van der Waals surface area (Å²) < 4.78 is 3.94. The third kappa shape index (κ3) is 3.53. The maximum absolute atomic E-state index is 11.4. The van der Waals surface area contributed by atoms with Crippen LogP contribution >= 0.6 is 0 Å². The van der Waals surface area contributed by atoms with Crippen molar-refractivity contribution in [2.24, 2.45) is 12.8 Å². The first-order chi connectivity index (χ1) is 15.5. The number of nitrogens with two attached hydrogens (primary N) is 1. The van der Waals surface area contributed by atoms with Crippen LogP contribution in [-0.2, 0) is 7.05 Å². The number of anilines is 3. The molecule has 0 aliphatic carbocycles. The first kappa shape index (κ1) is 20.0. The van der Waals surface area contributed by atoms with Gasteiger partial charge in [0.25, 0.3) is 0 Å². The van der Waals surface area contributed by atoms with Gasteiger partial charge in [-0.05, 0) is 49.6 Å². The van der Waals surface area contributed by atoms with Crippen molar-refractivity contribution < 1.29 is 9.36 Å². The molecule has 1 atom stereocenters. The molecule has 3 aromatic heterocycles. The van der Waals surface area contributed by atoms with Gasteiger partial charge in [-0.15, -0.1) is 0 Å². The summed E-state index contributed by atoms with van der Waals surface area (Å²) in [5, 5.41) is 7.90. The number of hydrogen-bond acceptors (Lipinski definition) is 5. The number of pyridine rings is 2. The maximum Gasteiger partial charge on any atom is 0.248 e. The van der Waals surface area contributed by atoms with Crippen molar-refractivity contribution in [3.05, 3.63) is 66.6 Å². The lowest BCUT2D eigenvalue weighted by Crippen LogP contribution is -2.42. The van der Waals surface area contributed by atoms with Crippen LogP contribution < -0.4 is 20.5 Å². The van der Waals surface area contributed by atoms with E-state index in [1.165, 1.54) is 18.7 Å². The van der Waals surface area contributed by atoms with Crippen LogP contribution in [0.2, 0.25) is 0 Å². The lowest BCUT2D eigenvalue weighted by molar-refractivity contribution is -0.644. The van der Waals surface area contributed by atoms with Crippen LogP contribution in [0.5, 0.6) is 0 Å². The average molecular weight is 429 g/mol. The summed E-state index contributed by atoms with van der Waals surface area (Å²) >= 11 is 0. The van der Waals surface area contributed by atoms with E-state index in [4.69, 9.17) is 5.73 Å². The van der Waals surface area contributed by atoms with Gasteiger partial charge in [0.1, 0.15) is 12.0 Å². The largest absolute Gasteiger partial charge is 0.366 e. The SMILES string of the molecule is CC1CCCN1c1cccc(Nc2cc(-c3ccc(C(N)=O)cc3)cn3ncnc23)[n+]1C. The highest BCUT2D eigenvalue weighted by molar-refractivity contribution is 5.93. The molecule has 1 aliphatic heterocycles. The van der Waals surface area contributed by atoms with Gasteiger partial charge < -0.3 is 5.73 Å². The topological polar surface area (TPSA) is 92.4 Å². The quantitative estimate of drug-likeness (QED) is 0.477. The number of rotatable bonds is 5. The second-order valence-corrected chi connectivity index (χ2v) is 8.25. The van der Waals surface area contributed by atoms with Crippen molar-refractivity contribution in [2.45, 2.75) is 25.8 Å². The fourth-order valence-corrected chi connectivity index (χ4v) is 4.40. The zero-order valence-electron chi connectivity index (χ0n) is 18.2. The van der Waals surface area contributed by atoms with Gasteiger partial charge >= 0.3 is 0 Å². The fraction of sp³-hybridized carbons (Fsp3) is 0.250. The Hall–Kier alpha value is -3.94. The zero-order chi connectivity index (χ0) is 22.2. The Morgan fingerprint density at radius 2 is 2.00 bits per heavy atom. The molecule has 4 heterocycles. The number of nitrogens with one attached hydrogen (secondary N) is 1. The Bertz CT molecular complexity index is 1300. The smallest absolute Gasteiger partial charge is 0.248 e. The van der Waals surface area contributed by atoms with E-state index in [1.54, 1.807) is 23.0 Å². The molecule has 32 heavy (non-hydrogen) atoms. The van der Waals surface area contributed by atoms with Crippen molar-refractivity contribution in [1.29, 1.82) is 0 Å². The van der Waals surface area contributed by atoms with Gasteiger partial charge in [0.15, 0.2) is 5.65 Å². The summed E-state index contributed by atoms with van der Waals surface area (Å²) in [4.78, 5) is 18.3. The molecular weight excluding hydrogens is 402 g/mol. The van der Waals surface area contributed by atoms with Crippen molar-refractivity contribution in [3.8, 4) is 11.1 Å². The minimum atomic E-state index is -0.440. The Kier molecular flexibility index (Phi) is 4.97. The number of aromatic nitrogens is 4. The number of carbonyl (C=O) groups excluding carboxylic acids is 1. The third-order valence-corrected chi connectivity index (χ3v) is 6.19. The second-order valence-electron chi connectivity index (χ2n) is 8.25. The van der Waals surface area contributed by atoms with Gasteiger partial charge in [-0.25, -0.2) is 14.1 Å². The first-order valence-corrected chi connectivity index (χ1v) is 10.8. The number of primary amides is 1. The molecule has 1 aliphatic rings. The molecule has 1 aromatic carbocycles. The summed E-state index contributed by atoms with van der Waals surface area (Å²) in [6.07, 6.45) is 5.91. The number of amides is 1. The molecule has 1 fully saturated rings. The normalized spacial score (nSPS) is 15.9. The third-order valence-electron chi connectivity index (χ3n) is 6.19. The van der Waals surface area contributed by atoms with Crippen molar-refractivity contribution in [2.75, 3.05) is 16.8 Å². The molecular formula is C24H26N7O+. The average Bonchev–Trinajstić information content (AvgIpc) is 3.44. The van der Waals surface area contributed by atoms with Gasteiger partial charge in [-0.1, -0.05) is 12.1 Å². The molecule has 1 saturated heterocycles. The summed E-state index contributed by atoms with van der Waals surface area (Å²) in [7, 11) is 2.08. The number of fused-ring (bicyclic) bond motifs is 1. The minimum absolute atomic E-state index is 0.440. The molecule has 3 N–H and O–H groups in total. The number of nitrogens with zero attached hydrogens (tertiary/aromatic N) is 5. The molecule has 1 amide bonds. The molecule has 0 saturated carbocycles. The predicted molar refractivity (Wildman–Crippen MR) is 124 cm³/mol. The van der Waals surface area contributed by atoms with E-state index in [2.05, 4.69) is 63.1 Å². The summed E-state index contributed by atoms with van der Waals surface area (Å²) in [6.45, 7) is 3.35. The fourth-order valence-electron chi connectivity index (χ4n) is 4.40. The number of hydrogen-bond donors (Lipinski definition) is 2. The lowest BCUT2D eigenvalue weighted by Gasteiger charge is -2.21. The minimum Gasteiger partial charge on any atom is -0.366 e. The zero-order valence-corrected chi connectivity index (χ0v) is 18.2. The standard InChI is InChI=1S/C24H25N7O/c1-16-5-4-12-30(16)22-7-3-6-21(29(22)2)28-20-13-19(14-31-24(20)26-15-27-31)17-8-10-18(11-9-17)23(25)32/h3,6-11,13-16H,4-5,12H2,1-2H3,(H2,25,32)/p+1. The van der Waals surface area contributed by atoms with Gasteiger partial charge in [0, 0.05) is 29.5 Å². The highest BCUT2D eigenvalue weighted by atomic mass is 16.1. The van der Waals surface area contributed by atoms with Crippen LogP contribution in [0.3, 0.4) is 0 Å². The van der Waals surface area contributed by atoms with E-state index in [9.17, 15) is 4.79 Å². The van der Waals surface area contributed by atoms with Gasteiger partial charge in [0.05, 0.1) is 19.6 Å². The van der Waals surface area contributed by atoms with Crippen LogP contribution in [0.4, 0.5) is 17.3 Å². The summed E-state index contributed by atoms with van der Waals surface area (Å²) in [6, 6.07) is 16.1. The van der Waals surface area contributed by atoms with Crippen molar-refractivity contribution >= 4 is 28.9 Å². The predicted octanol–water partition coefficient (Wildman–Crippen LogP) is 3.05. The van der Waals surface area contributed by atoms with Gasteiger partial charge in [-0.3, -0.25) is 15.0 Å². The first-order valence-electron chi connectivity index (χ1n) is 10.8. The van der Waals surface area contributed by atoms with Crippen LogP contribution in [0.1, 0.15) is 30.1 Å². The maximum atomic E-state index is 11.4. The van der Waals surface area contributed by atoms with E-state index in [-0.39, 0.29) is 0 Å². The molecule has 8 nitrogen and oxygen atoms in total. The van der Waals surface area contributed by atoms with Crippen molar-refractivity contribution in [3.63, 3.8) is 0 Å². The Morgan fingerprint density at radius 3 is 2.72 bits per heavy atom. The van der Waals surface area contributed by atoms with E-state index in [0.29, 0.717) is 11.6 Å². The highest BCUT2D eigenvalue weighted by Gasteiger charge is 2.28. The summed E-state index contributed by atoms with van der Waals surface area (Å²) in [5.41, 5.74) is 9.35. The number of benzene rings is 1. The molecule has 0 radical (unpaired) electrons. The van der Waals surface area contributed by atoms with E-state index < -0.39 is 5.91 Å². The highest BCUT2D eigenvalue weighted by Crippen LogP contribution is 2.28. The number of carbonyl (C=O) groups is 1. The van der Waals surface area contributed by atoms with Crippen molar-refractivity contribution in [1.82, 2.24) is 14.6 Å². The lowest BCUT2D eigenvalue weighted by atomic mass is 10.0. The summed E-state index contributed by atoms with van der Waals surface area (Å²) in [5.74, 6) is 1.72. The molecule has 8 heteroatoms. The molecule has 0 bridgehead atoms. The van der Waals surface area contributed by atoms with Gasteiger partial charge in [0.2, 0.25) is 17.5 Å². The molecule has 4 aromatic rings. The second kappa shape index (κ2) is 7.96. The monoisotopic (exact) mass is 428 g/mol. The van der Waals surface area contributed by atoms with E-state index >= 15 is 0 Å². The Morgan fingerprint density at radius 1 is 1.19 bits per heavy atom. The Balaban J connectivity index is 1.54. The van der Waals surface area contributed by atoms with E-state index in [1.807, 2.05) is 18.3 Å². The van der Waals surface area contributed by atoms with Gasteiger partial charge in [-0.2, -0.15) is 5.10 Å². The van der Waals surface area contributed by atoms with Crippen LogP contribution in [-0.4, -0.2) is 33.1 Å². The molecule has 1 unspecified atom stereocenters. The van der Waals surface area contributed by atoms with E-state index in [0.717, 1.165) is 34.8 Å².